The highest BCUT2D eigenvalue weighted by atomic mass is 16.5. The molecule has 1 aliphatic rings. The van der Waals surface area contributed by atoms with E-state index in [4.69, 9.17) is 9.47 Å². The number of allylic oxidation sites excluding steroid dienone is 1. The minimum atomic E-state index is -0.597. The Bertz CT molecular complexity index is 669. The summed E-state index contributed by atoms with van der Waals surface area (Å²) < 4.78 is 11.1. The summed E-state index contributed by atoms with van der Waals surface area (Å²) in [5, 5.41) is 2.88. The zero-order chi connectivity index (χ0) is 18.4. The van der Waals surface area contributed by atoms with Crippen molar-refractivity contribution in [3.8, 4) is 5.75 Å². The third kappa shape index (κ3) is 4.13. The SMILES string of the molecule is CCCCOc1ccccc1C1NC(=O)N(C)C(C)=C1C(=O)OCC. The molecule has 136 valence electrons. The Hall–Kier alpha value is -2.50. The summed E-state index contributed by atoms with van der Waals surface area (Å²) in [6.45, 7) is 6.46. The fourth-order valence-electron chi connectivity index (χ4n) is 2.72. The van der Waals surface area contributed by atoms with Crippen molar-refractivity contribution in [1.29, 1.82) is 0 Å². The second-order valence-electron chi connectivity index (χ2n) is 5.90. The minimum Gasteiger partial charge on any atom is -0.493 e. The summed E-state index contributed by atoms with van der Waals surface area (Å²) in [5.41, 5.74) is 1.76. The summed E-state index contributed by atoms with van der Waals surface area (Å²) in [4.78, 5) is 26.2. The Morgan fingerprint density at radius 1 is 1.28 bits per heavy atom. The van der Waals surface area contributed by atoms with E-state index in [1.165, 1.54) is 4.90 Å². The smallest absolute Gasteiger partial charge is 0.338 e. The van der Waals surface area contributed by atoms with Gasteiger partial charge in [-0.15, -0.1) is 0 Å². The molecule has 0 aromatic heterocycles. The molecule has 0 fully saturated rings. The largest absolute Gasteiger partial charge is 0.493 e. The van der Waals surface area contributed by atoms with E-state index in [1.807, 2.05) is 24.3 Å². The molecular formula is C19H26N2O4. The lowest BCUT2D eigenvalue weighted by molar-refractivity contribution is -0.139. The van der Waals surface area contributed by atoms with Crippen LogP contribution >= 0.6 is 0 Å². The van der Waals surface area contributed by atoms with Crippen molar-refractivity contribution in [2.75, 3.05) is 20.3 Å². The molecule has 0 aliphatic carbocycles. The number of para-hydroxylation sites is 1. The number of amides is 2. The van der Waals surface area contributed by atoms with Gasteiger partial charge in [-0.25, -0.2) is 9.59 Å². The number of carbonyl (C=O) groups excluding carboxylic acids is 2. The van der Waals surface area contributed by atoms with Crippen molar-refractivity contribution >= 4 is 12.0 Å². The summed E-state index contributed by atoms with van der Waals surface area (Å²) in [6.07, 6.45) is 1.97. The molecule has 2 rings (SSSR count). The van der Waals surface area contributed by atoms with E-state index in [9.17, 15) is 9.59 Å². The molecule has 6 nitrogen and oxygen atoms in total. The molecule has 1 N–H and O–H groups in total. The van der Waals surface area contributed by atoms with Crippen LogP contribution in [0, 0.1) is 0 Å². The number of esters is 1. The van der Waals surface area contributed by atoms with Crippen LogP contribution in [0.1, 0.15) is 45.2 Å². The number of hydrogen-bond acceptors (Lipinski definition) is 4. The number of benzene rings is 1. The van der Waals surface area contributed by atoms with E-state index in [1.54, 1.807) is 20.9 Å². The number of hydrogen-bond donors (Lipinski definition) is 1. The molecule has 0 spiro atoms. The molecule has 2 amide bonds. The van der Waals surface area contributed by atoms with Gasteiger partial charge in [0, 0.05) is 18.3 Å². The van der Waals surface area contributed by atoms with Crippen LogP contribution in [0.2, 0.25) is 0 Å². The molecule has 0 bridgehead atoms. The molecule has 1 aliphatic heterocycles. The zero-order valence-corrected chi connectivity index (χ0v) is 15.3. The van der Waals surface area contributed by atoms with Crippen LogP contribution < -0.4 is 10.1 Å². The lowest BCUT2D eigenvalue weighted by atomic mass is 9.94. The summed E-state index contributed by atoms with van der Waals surface area (Å²) >= 11 is 0. The maximum Gasteiger partial charge on any atom is 0.338 e. The normalized spacial score (nSPS) is 17.4. The van der Waals surface area contributed by atoms with Crippen LogP contribution in [0.15, 0.2) is 35.5 Å². The summed E-state index contributed by atoms with van der Waals surface area (Å²) in [6, 6.07) is 6.60. The van der Waals surface area contributed by atoms with Gasteiger partial charge < -0.3 is 19.7 Å². The van der Waals surface area contributed by atoms with Gasteiger partial charge in [-0.05, 0) is 26.3 Å². The Balaban J connectivity index is 2.44. The monoisotopic (exact) mass is 346 g/mol. The fraction of sp³-hybridized carbons (Fsp3) is 0.474. The molecule has 0 saturated heterocycles. The van der Waals surface area contributed by atoms with Crippen molar-refractivity contribution in [1.82, 2.24) is 10.2 Å². The van der Waals surface area contributed by atoms with Crippen molar-refractivity contribution in [2.45, 2.75) is 39.7 Å². The number of urea groups is 1. The van der Waals surface area contributed by atoms with Gasteiger partial charge in [0.25, 0.3) is 0 Å². The van der Waals surface area contributed by atoms with Gasteiger partial charge in [0.05, 0.1) is 24.8 Å². The number of nitrogens with zero attached hydrogens (tertiary/aromatic N) is 1. The lowest BCUT2D eigenvalue weighted by Crippen LogP contribution is -2.46. The second kappa shape index (κ2) is 8.55. The molecule has 0 saturated carbocycles. The van der Waals surface area contributed by atoms with Crippen LogP contribution in [0.3, 0.4) is 0 Å². The van der Waals surface area contributed by atoms with Gasteiger partial charge in [-0.3, -0.25) is 0 Å². The standard InChI is InChI=1S/C19H26N2O4/c1-5-7-12-25-15-11-9-8-10-14(15)17-16(18(22)24-6-2)13(3)21(4)19(23)20-17/h8-11,17H,5-7,12H2,1-4H3,(H,20,23). The van der Waals surface area contributed by atoms with Gasteiger partial charge in [-0.2, -0.15) is 0 Å². The molecule has 1 aromatic carbocycles. The number of unbranched alkanes of at least 4 members (excludes halogenated alkanes) is 1. The average Bonchev–Trinajstić information content (AvgIpc) is 2.60. The molecule has 6 heteroatoms. The summed E-state index contributed by atoms with van der Waals surface area (Å²) in [7, 11) is 1.63. The van der Waals surface area contributed by atoms with Crippen LogP contribution in [-0.4, -0.2) is 37.2 Å². The topological polar surface area (TPSA) is 67.9 Å². The van der Waals surface area contributed by atoms with Crippen molar-refractivity contribution in [3.05, 3.63) is 41.1 Å². The first kappa shape index (κ1) is 18.8. The van der Waals surface area contributed by atoms with E-state index in [0.717, 1.165) is 18.4 Å². The van der Waals surface area contributed by atoms with Crippen LogP contribution in [0.4, 0.5) is 4.79 Å². The van der Waals surface area contributed by atoms with E-state index in [2.05, 4.69) is 12.2 Å². The lowest BCUT2D eigenvalue weighted by Gasteiger charge is -2.33. The Morgan fingerprint density at radius 3 is 2.68 bits per heavy atom. The number of carbonyl (C=O) groups is 2. The Labute approximate surface area is 148 Å². The molecule has 1 atom stereocenters. The van der Waals surface area contributed by atoms with Crippen molar-refractivity contribution < 1.29 is 19.1 Å². The van der Waals surface area contributed by atoms with Gasteiger partial charge in [0.2, 0.25) is 0 Å². The van der Waals surface area contributed by atoms with Crippen LogP contribution in [0.5, 0.6) is 5.75 Å². The van der Waals surface area contributed by atoms with E-state index in [0.29, 0.717) is 23.6 Å². The second-order valence-corrected chi connectivity index (χ2v) is 5.90. The zero-order valence-electron chi connectivity index (χ0n) is 15.3. The maximum atomic E-state index is 12.5. The highest BCUT2D eigenvalue weighted by Gasteiger charge is 2.36. The van der Waals surface area contributed by atoms with Gasteiger partial charge >= 0.3 is 12.0 Å². The number of nitrogens with one attached hydrogen (secondary N) is 1. The van der Waals surface area contributed by atoms with E-state index < -0.39 is 12.0 Å². The molecule has 25 heavy (non-hydrogen) atoms. The fourth-order valence-corrected chi connectivity index (χ4v) is 2.72. The third-order valence-electron chi connectivity index (χ3n) is 4.23. The van der Waals surface area contributed by atoms with Crippen molar-refractivity contribution in [2.24, 2.45) is 0 Å². The molecule has 1 heterocycles. The van der Waals surface area contributed by atoms with Crippen LogP contribution in [0.25, 0.3) is 0 Å². The average molecular weight is 346 g/mol. The van der Waals surface area contributed by atoms with Crippen LogP contribution in [-0.2, 0) is 9.53 Å². The van der Waals surface area contributed by atoms with Gasteiger partial charge in [0.1, 0.15) is 5.75 Å². The Kier molecular flexibility index (Phi) is 6.44. The van der Waals surface area contributed by atoms with Gasteiger partial charge in [0.15, 0.2) is 0 Å². The van der Waals surface area contributed by atoms with E-state index in [-0.39, 0.29) is 12.6 Å². The number of ether oxygens (including phenoxy) is 2. The van der Waals surface area contributed by atoms with E-state index >= 15 is 0 Å². The minimum absolute atomic E-state index is 0.265. The highest BCUT2D eigenvalue weighted by Crippen LogP contribution is 2.35. The first-order chi connectivity index (χ1) is 12.0. The Morgan fingerprint density at radius 2 is 2.00 bits per heavy atom. The van der Waals surface area contributed by atoms with Crippen molar-refractivity contribution in [3.63, 3.8) is 0 Å². The molecule has 1 aromatic rings. The number of rotatable bonds is 7. The first-order valence-electron chi connectivity index (χ1n) is 8.65. The first-order valence-corrected chi connectivity index (χ1v) is 8.65. The summed E-state index contributed by atoms with van der Waals surface area (Å²) in [5.74, 6) is 0.237. The maximum absolute atomic E-state index is 12.5. The highest BCUT2D eigenvalue weighted by molar-refractivity contribution is 5.95. The predicted octanol–water partition coefficient (Wildman–Crippen LogP) is 3.40. The molecule has 0 radical (unpaired) electrons. The molecular weight excluding hydrogens is 320 g/mol. The third-order valence-corrected chi connectivity index (χ3v) is 4.23. The predicted molar refractivity (Wildman–Crippen MR) is 95.2 cm³/mol. The quantitative estimate of drug-likeness (QED) is 0.607. The van der Waals surface area contributed by atoms with Gasteiger partial charge in [-0.1, -0.05) is 31.5 Å². The molecule has 1 unspecified atom stereocenters.